The van der Waals surface area contributed by atoms with Gasteiger partial charge in [-0.1, -0.05) is 47.5 Å². The standard InChI is InChI=1S/C19H39N/c1-8-9-14-20(7)18(5)19(6)13-12-16(3)15(2)10-11-17(19)4/h15-18H,8-14H2,1-7H3. The summed E-state index contributed by atoms with van der Waals surface area (Å²) in [6.45, 7) is 16.0. The van der Waals surface area contributed by atoms with Crippen molar-refractivity contribution in [1.29, 1.82) is 0 Å². The Hall–Kier alpha value is -0.0400. The summed E-state index contributed by atoms with van der Waals surface area (Å²) in [6.07, 6.45) is 8.28. The van der Waals surface area contributed by atoms with Crippen molar-refractivity contribution in [2.75, 3.05) is 13.6 Å². The molecule has 0 bridgehead atoms. The first-order valence-corrected chi connectivity index (χ1v) is 9.03. The molecule has 0 saturated heterocycles. The van der Waals surface area contributed by atoms with Crippen molar-refractivity contribution in [1.82, 2.24) is 4.90 Å². The quantitative estimate of drug-likeness (QED) is 0.634. The van der Waals surface area contributed by atoms with Crippen LogP contribution in [0, 0.1) is 23.2 Å². The third-order valence-electron chi connectivity index (χ3n) is 6.77. The average Bonchev–Trinajstić information content (AvgIpc) is 2.44. The lowest BCUT2D eigenvalue weighted by molar-refractivity contribution is 0.0250. The van der Waals surface area contributed by atoms with Crippen molar-refractivity contribution in [2.45, 2.75) is 86.1 Å². The van der Waals surface area contributed by atoms with Gasteiger partial charge in [0.15, 0.2) is 0 Å². The monoisotopic (exact) mass is 281 g/mol. The Balaban J connectivity index is 2.76. The molecule has 1 nitrogen and oxygen atoms in total. The highest BCUT2D eigenvalue weighted by Crippen LogP contribution is 2.45. The van der Waals surface area contributed by atoms with Crippen LogP contribution >= 0.6 is 0 Å². The van der Waals surface area contributed by atoms with Crippen molar-refractivity contribution in [3.05, 3.63) is 0 Å². The lowest BCUT2D eigenvalue weighted by Crippen LogP contribution is -2.47. The lowest BCUT2D eigenvalue weighted by Gasteiger charge is -2.47. The lowest BCUT2D eigenvalue weighted by atomic mass is 9.63. The first kappa shape index (κ1) is 18.0. The number of rotatable bonds is 5. The first-order valence-electron chi connectivity index (χ1n) is 9.03. The van der Waals surface area contributed by atoms with Crippen LogP contribution in [0.5, 0.6) is 0 Å². The molecule has 120 valence electrons. The highest BCUT2D eigenvalue weighted by Gasteiger charge is 2.39. The molecule has 0 aromatic carbocycles. The molecule has 1 aliphatic carbocycles. The van der Waals surface area contributed by atoms with E-state index in [1.54, 1.807) is 0 Å². The maximum atomic E-state index is 2.62. The molecule has 0 N–H and O–H groups in total. The van der Waals surface area contributed by atoms with Crippen molar-refractivity contribution in [2.24, 2.45) is 23.2 Å². The molecule has 1 heteroatoms. The van der Waals surface area contributed by atoms with Crippen molar-refractivity contribution < 1.29 is 0 Å². The average molecular weight is 282 g/mol. The van der Waals surface area contributed by atoms with E-state index < -0.39 is 0 Å². The Morgan fingerprint density at radius 3 is 2.30 bits per heavy atom. The largest absolute Gasteiger partial charge is 0.303 e. The first-order chi connectivity index (χ1) is 9.32. The molecule has 5 unspecified atom stereocenters. The van der Waals surface area contributed by atoms with E-state index in [1.165, 1.54) is 45.1 Å². The fourth-order valence-corrected chi connectivity index (χ4v) is 3.92. The van der Waals surface area contributed by atoms with Crippen LogP contribution in [-0.4, -0.2) is 24.5 Å². The van der Waals surface area contributed by atoms with Gasteiger partial charge in [0.25, 0.3) is 0 Å². The maximum Gasteiger partial charge on any atom is 0.0120 e. The van der Waals surface area contributed by atoms with Crippen LogP contribution in [-0.2, 0) is 0 Å². The van der Waals surface area contributed by atoms with Gasteiger partial charge in [0.05, 0.1) is 0 Å². The number of unbranched alkanes of at least 4 members (excludes halogenated alkanes) is 1. The number of hydrogen-bond donors (Lipinski definition) is 0. The maximum absolute atomic E-state index is 2.62. The Morgan fingerprint density at radius 2 is 1.70 bits per heavy atom. The van der Waals surface area contributed by atoms with Crippen LogP contribution in [0.25, 0.3) is 0 Å². The second kappa shape index (κ2) is 7.82. The van der Waals surface area contributed by atoms with Gasteiger partial charge in [0, 0.05) is 6.04 Å². The van der Waals surface area contributed by atoms with Gasteiger partial charge in [-0.15, -0.1) is 0 Å². The van der Waals surface area contributed by atoms with Gasteiger partial charge >= 0.3 is 0 Å². The predicted octanol–water partition coefficient (Wildman–Crippen LogP) is 5.60. The summed E-state index contributed by atoms with van der Waals surface area (Å²) in [4.78, 5) is 2.62. The predicted molar refractivity (Wildman–Crippen MR) is 91.1 cm³/mol. The van der Waals surface area contributed by atoms with Crippen molar-refractivity contribution >= 4 is 0 Å². The molecule has 5 atom stereocenters. The van der Waals surface area contributed by atoms with E-state index in [0.29, 0.717) is 11.5 Å². The third kappa shape index (κ3) is 4.23. The van der Waals surface area contributed by atoms with E-state index in [0.717, 1.165) is 17.8 Å². The highest BCUT2D eigenvalue weighted by molar-refractivity contribution is 4.92. The molecular weight excluding hydrogens is 242 g/mol. The van der Waals surface area contributed by atoms with Crippen molar-refractivity contribution in [3.8, 4) is 0 Å². The van der Waals surface area contributed by atoms with Crippen LogP contribution in [0.1, 0.15) is 80.1 Å². The molecule has 0 aliphatic heterocycles. The summed E-state index contributed by atoms with van der Waals surface area (Å²) in [5.41, 5.74) is 0.483. The molecule has 0 amide bonds. The van der Waals surface area contributed by atoms with Gasteiger partial charge < -0.3 is 4.90 Å². The van der Waals surface area contributed by atoms with Gasteiger partial charge in [-0.2, -0.15) is 0 Å². The van der Waals surface area contributed by atoms with E-state index in [2.05, 4.69) is 53.5 Å². The van der Waals surface area contributed by atoms with Gasteiger partial charge in [0.1, 0.15) is 0 Å². The molecular formula is C19H39N. The fraction of sp³-hybridized carbons (Fsp3) is 1.00. The van der Waals surface area contributed by atoms with Crippen LogP contribution in [0.3, 0.4) is 0 Å². The van der Waals surface area contributed by atoms with E-state index in [9.17, 15) is 0 Å². The molecule has 0 spiro atoms. The molecule has 1 saturated carbocycles. The molecule has 1 rings (SSSR count). The third-order valence-corrected chi connectivity index (χ3v) is 6.77. The second-order valence-electron chi connectivity index (χ2n) is 7.99. The molecule has 0 heterocycles. The van der Waals surface area contributed by atoms with E-state index in [-0.39, 0.29) is 0 Å². The normalized spacial score (nSPS) is 37.5. The smallest absolute Gasteiger partial charge is 0.0120 e. The van der Waals surface area contributed by atoms with Gasteiger partial charge in [-0.3, -0.25) is 0 Å². The molecule has 20 heavy (non-hydrogen) atoms. The zero-order valence-corrected chi connectivity index (χ0v) is 15.2. The summed E-state index contributed by atoms with van der Waals surface area (Å²) >= 11 is 0. The Labute approximate surface area is 128 Å². The number of hydrogen-bond acceptors (Lipinski definition) is 1. The summed E-state index contributed by atoms with van der Waals surface area (Å²) in [7, 11) is 2.34. The minimum Gasteiger partial charge on any atom is -0.303 e. The minimum absolute atomic E-state index is 0.483. The Bertz CT molecular complexity index is 275. The van der Waals surface area contributed by atoms with Crippen molar-refractivity contribution in [3.63, 3.8) is 0 Å². The highest BCUT2D eigenvalue weighted by atomic mass is 15.1. The summed E-state index contributed by atoms with van der Waals surface area (Å²) in [6, 6.07) is 0.699. The zero-order valence-electron chi connectivity index (χ0n) is 15.2. The Kier molecular flexibility index (Phi) is 7.04. The van der Waals surface area contributed by atoms with Gasteiger partial charge in [-0.25, -0.2) is 0 Å². The Morgan fingerprint density at radius 1 is 1.10 bits per heavy atom. The van der Waals surface area contributed by atoms with Crippen LogP contribution in [0.2, 0.25) is 0 Å². The topological polar surface area (TPSA) is 3.24 Å². The van der Waals surface area contributed by atoms with Gasteiger partial charge in [-0.05, 0) is 69.4 Å². The molecule has 0 aromatic rings. The fourth-order valence-electron chi connectivity index (χ4n) is 3.92. The van der Waals surface area contributed by atoms with Crippen LogP contribution in [0.15, 0.2) is 0 Å². The van der Waals surface area contributed by atoms with E-state index in [1.807, 2.05) is 0 Å². The zero-order chi connectivity index (χ0) is 15.3. The van der Waals surface area contributed by atoms with Crippen LogP contribution in [0.4, 0.5) is 0 Å². The summed E-state index contributed by atoms with van der Waals surface area (Å²) < 4.78 is 0. The van der Waals surface area contributed by atoms with E-state index in [4.69, 9.17) is 0 Å². The SMILES string of the molecule is CCCCN(C)C(C)C1(C)CCC(C)C(C)CCC1C. The second-order valence-corrected chi connectivity index (χ2v) is 7.99. The molecule has 1 aliphatic rings. The minimum atomic E-state index is 0.483. The summed E-state index contributed by atoms with van der Waals surface area (Å²) in [5, 5.41) is 0. The van der Waals surface area contributed by atoms with Gasteiger partial charge in [0.2, 0.25) is 0 Å². The molecule has 0 aromatic heterocycles. The van der Waals surface area contributed by atoms with Crippen LogP contribution < -0.4 is 0 Å². The van der Waals surface area contributed by atoms with E-state index >= 15 is 0 Å². The number of nitrogens with zero attached hydrogens (tertiary/aromatic N) is 1. The summed E-state index contributed by atoms with van der Waals surface area (Å²) in [5.74, 6) is 2.65. The molecule has 0 radical (unpaired) electrons. The molecule has 1 fully saturated rings.